The lowest BCUT2D eigenvalue weighted by atomic mass is 9.94. The number of nitrogens with zero attached hydrogens (tertiary/aromatic N) is 3. The quantitative estimate of drug-likeness (QED) is 0.845. The van der Waals surface area contributed by atoms with Crippen LogP contribution in [0.5, 0.6) is 0 Å². The Labute approximate surface area is 169 Å². The van der Waals surface area contributed by atoms with E-state index in [0.29, 0.717) is 19.0 Å². The zero-order chi connectivity index (χ0) is 20.0. The molecule has 1 aliphatic carbocycles. The summed E-state index contributed by atoms with van der Waals surface area (Å²) in [5, 5.41) is 2.70. The minimum Gasteiger partial charge on any atom is -0.442 e. The third-order valence-electron chi connectivity index (χ3n) is 6.33. The van der Waals surface area contributed by atoms with Crippen molar-refractivity contribution in [2.75, 3.05) is 36.0 Å². The minimum atomic E-state index is -0.363. The normalized spacial score (nSPS) is 27.6. The van der Waals surface area contributed by atoms with Crippen LogP contribution < -0.4 is 15.1 Å². The van der Waals surface area contributed by atoms with Gasteiger partial charge in [0.2, 0.25) is 5.91 Å². The molecule has 150 valence electrons. The molecule has 2 aromatic rings. The fraction of sp³-hybridized carbons (Fsp3) is 0.409. The van der Waals surface area contributed by atoms with Gasteiger partial charge in [-0.15, -0.1) is 0 Å². The van der Waals surface area contributed by atoms with Crippen LogP contribution in [0.25, 0.3) is 0 Å². The molecule has 2 amide bonds. The molecule has 0 radical (unpaired) electrons. The summed E-state index contributed by atoms with van der Waals surface area (Å²) in [6, 6.07) is 14.3. The summed E-state index contributed by atoms with van der Waals surface area (Å²) in [4.78, 5) is 31.8. The van der Waals surface area contributed by atoms with Gasteiger partial charge in [0.15, 0.2) is 0 Å². The highest BCUT2D eigenvalue weighted by Crippen LogP contribution is 2.59. The standard InChI is InChI=1S/C22H24N4O3/c1-15(27)24-11-19-13-26(21(28)29-19)18-7-5-16(6-8-18)22-10-17(22)12-25(14-22)20-4-2-3-9-23-20/h2-9,17,19H,10-14H2,1H3,(H,24,27). The van der Waals surface area contributed by atoms with Gasteiger partial charge in [-0.3, -0.25) is 9.69 Å². The van der Waals surface area contributed by atoms with Gasteiger partial charge in [0, 0.05) is 37.3 Å². The van der Waals surface area contributed by atoms with E-state index in [4.69, 9.17) is 4.74 Å². The average molecular weight is 392 g/mol. The summed E-state index contributed by atoms with van der Waals surface area (Å²) >= 11 is 0. The molecule has 5 rings (SSSR count). The molecule has 7 nitrogen and oxygen atoms in total. The summed E-state index contributed by atoms with van der Waals surface area (Å²) in [7, 11) is 0. The van der Waals surface area contributed by atoms with Gasteiger partial charge in [0.05, 0.1) is 13.1 Å². The van der Waals surface area contributed by atoms with E-state index in [1.807, 2.05) is 30.5 Å². The van der Waals surface area contributed by atoms with Crippen LogP contribution in [-0.2, 0) is 14.9 Å². The smallest absolute Gasteiger partial charge is 0.414 e. The number of ether oxygens (including phenoxy) is 1. The number of pyridine rings is 1. The minimum absolute atomic E-state index is 0.126. The highest BCUT2D eigenvalue weighted by molar-refractivity contribution is 5.89. The molecule has 3 aliphatic rings. The first-order chi connectivity index (χ1) is 14.0. The molecule has 1 aromatic carbocycles. The molecule has 2 saturated heterocycles. The third kappa shape index (κ3) is 3.20. The number of anilines is 2. The van der Waals surface area contributed by atoms with Gasteiger partial charge >= 0.3 is 6.09 Å². The van der Waals surface area contributed by atoms with Crippen LogP contribution in [-0.4, -0.2) is 49.3 Å². The van der Waals surface area contributed by atoms with Gasteiger partial charge in [0.25, 0.3) is 0 Å². The topological polar surface area (TPSA) is 74.8 Å². The van der Waals surface area contributed by atoms with Crippen molar-refractivity contribution in [3.05, 3.63) is 54.2 Å². The highest BCUT2D eigenvalue weighted by atomic mass is 16.6. The van der Waals surface area contributed by atoms with E-state index >= 15 is 0 Å². The van der Waals surface area contributed by atoms with Crippen molar-refractivity contribution in [1.82, 2.24) is 10.3 Å². The number of carbonyl (C=O) groups is 2. The Morgan fingerprint density at radius 2 is 2.07 bits per heavy atom. The largest absolute Gasteiger partial charge is 0.442 e. The number of aromatic nitrogens is 1. The van der Waals surface area contributed by atoms with Crippen molar-refractivity contribution in [3.8, 4) is 0 Å². The monoisotopic (exact) mass is 392 g/mol. The van der Waals surface area contributed by atoms with E-state index in [1.165, 1.54) is 18.9 Å². The van der Waals surface area contributed by atoms with Gasteiger partial charge in [-0.1, -0.05) is 18.2 Å². The van der Waals surface area contributed by atoms with Crippen molar-refractivity contribution in [2.45, 2.75) is 24.9 Å². The van der Waals surface area contributed by atoms with Crippen LogP contribution in [0.4, 0.5) is 16.3 Å². The van der Waals surface area contributed by atoms with Crippen LogP contribution in [0.2, 0.25) is 0 Å². The first kappa shape index (κ1) is 18.0. The second-order valence-corrected chi connectivity index (χ2v) is 8.23. The first-order valence-electron chi connectivity index (χ1n) is 10.0. The second-order valence-electron chi connectivity index (χ2n) is 8.23. The van der Waals surface area contributed by atoms with Crippen molar-refractivity contribution in [1.29, 1.82) is 0 Å². The summed E-state index contributed by atoms with van der Waals surface area (Å²) in [6.07, 6.45) is 2.37. The number of amides is 2. The molecule has 7 heteroatoms. The lowest BCUT2D eigenvalue weighted by Gasteiger charge is -2.22. The van der Waals surface area contributed by atoms with Crippen molar-refractivity contribution in [3.63, 3.8) is 0 Å². The van der Waals surface area contributed by atoms with E-state index in [-0.39, 0.29) is 23.5 Å². The number of fused-ring (bicyclic) bond motifs is 1. The maximum Gasteiger partial charge on any atom is 0.414 e. The molecular formula is C22H24N4O3. The number of cyclic esters (lactones) is 1. The van der Waals surface area contributed by atoms with Crippen molar-refractivity contribution < 1.29 is 14.3 Å². The van der Waals surface area contributed by atoms with Gasteiger partial charge in [-0.2, -0.15) is 0 Å². The summed E-state index contributed by atoms with van der Waals surface area (Å²) in [5.74, 6) is 1.58. The zero-order valence-corrected chi connectivity index (χ0v) is 16.4. The SMILES string of the molecule is CC(=O)NCC1CN(c2ccc(C34CC3CN(c3ccccn3)C4)cc2)C(=O)O1. The van der Waals surface area contributed by atoms with Crippen LogP contribution in [0.1, 0.15) is 18.9 Å². The molecule has 2 aliphatic heterocycles. The number of carbonyl (C=O) groups excluding carboxylic acids is 2. The van der Waals surface area contributed by atoms with Crippen molar-refractivity contribution >= 4 is 23.5 Å². The fourth-order valence-corrected chi connectivity index (χ4v) is 4.71. The molecule has 3 atom stereocenters. The molecule has 1 N–H and O–H groups in total. The number of hydrogen-bond donors (Lipinski definition) is 1. The highest BCUT2D eigenvalue weighted by Gasteiger charge is 2.61. The van der Waals surface area contributed by atoms with E-state index in [2.05, 4.69) is 33.4 Å². The van der Waals surface area contributed by atoms with Crippen LogP contribution in [0.3, 0.4) is 0 Å². The van der Waals surface area contributed by atoms with E-state index in [0.717, 1.165) is 24.6 Å². The zero-order valence-electron chi connectivity index (χ0n) is 16.4. The van der Waals surface area contributed by atoms with E-state index in [9.17, 15) is 9.59 Å². The van der Waals surface area contributed by atoms with E-state index < -0.39 is 0 Å². The molecule has 0 bridgehead atoms. The van der Waals surface area contributed by atoms with Crippen LogP contribution >= 0.6 is 0 Å². The lowest BCUT2D eigenvalue weighted by molar-refractivity contribution is -0.119. The number of rotatable bonds is 5. The molecule has 3 heterocycles. The van der Waals surface area contributed by atoms with Crippen LogP contribution in [0, 0.1) is 5.92 Å². The predicted octanol–water partition coefficient (Wildman–Crippen LogP) is 2.32. The summed E-state index contributed by atoms with van der Waals surface area (Å²) in [6.45, 7) is 4.26. The molecule has 3 unspecified atom stereocenters. The molecule has 0 spiro atoms. The Kier molecular flexibility index (Phi) is 4.19. The van der Waals surface area contributed by atoms with Gasteiger partial charge < -0.3 is 15.0 Å². The Bertz CT molecular complexity index is 933. The van der Waals surface area contributed by atoms with Gasteiger partial charge in [-0.25, -0.2) is 9.78 Å². The molecule has 29 heavy (non-hydrogen) atoms. The van der Waals surface area contributed by atoms with E-state index in [1.54, 1.807) is 4.90 Å². The predicted molar refractivity (Wildman–Crippen MR) is 109 cm³/mol. The van der Waals surface area contributed by atoms with Crippen molar-refractivity contribution in [2.24, 2.45) is 5.92 Å². The number of benzene rings is 1. The number of nitrogens with one attached hydrogen (secondary N) is 1. The summed E-state index contributed by atoms with van der Waals surface area (Å²) in [5.41, 5.74) is 2.36. The Hall–Kier alpha value is -3.09. The molecule has 1 saturated carbocycles. The van der Waals surface area contributed by atoms with Gasteiger partial charge in [0.1, 0.15) is 11.9 Å². The van der Waals surface area contributed by atoms with Crippen LogP contribution in [0.15, 0.2) is 48.7 Å². The number of hydrogen-bond acceptors (Lipinski definition) is 5. The fourth-order valence-electron chi connectivity index (χ4n) is 4.71. The maximum atomic E-state index is 12.2. The molecule has 1 aromatic heterocycles. The van der Waals surface area contributed by atoms with Gasteiger partial charge in [-0.05, 0) is 42.2 Å². The Balaban J connectivity index is 1.27. The third-order valence-corrected chi connectivity index (χ3v) is 6.33. The Morgan fingerprint density at radius 3 is 2.79 bits per heavy atom. The second kappa shape index (κ2) is 6.76. The molecule has 3 fully saturated rings. The summed E-state index contributed by atoms with van der Waals surface area (Å²) < 4.78 is 5.36. The Morgan fingerprint density at radius 1 is 1.24 bits per heavy atom. The maximum absolute atomic E-state index is 12.2. The average Bonchev–Trinajstić information content (AvgIpc) is 3.10. The molecular weight excluding hydrogens is 368 g/mol. The first-order valence-corrected chi connectivity index (χ1v) is 10.0. The lowest BCUT2D eigenvalue weighted by Crippen LogP contribution is -2.33. The number of piperidine rings is 1.